The largest absolute Gasteiger partial charge is 0.489 e. The predicted octanol–water partition coefficient (Wildman–Crippen LogP) is 3.94. The number of hydrogen-bond donors (Lipinski definition) is 1. The SMILES string of the molecule is CCOC(=N)C(=NOC)c1ccccc1COc1ccccc1C. The molecule has 24 heavy (non-hydrogen) atoms. The number of hydrogen-bond acceptors (Lipinski definition) is 5. The van der Waals surface area contributed by atoms with Crippen molar-refractivity contribution in [1.82, 2.24) is 0 Å². The number of aryl methyl sites for hydroxylation is 1. The van der Waals surface area contributed by atoms with Gasteiger partial charge in [0, 0.05) is 5.56 Å². The van der Waals surface area contributed by atoms with Crippen LogP contribution >= 0.6 is 0 Å². The van der Waals surface area contributed by atoms with Crippen LogP contribution in [0.5, 0.6) is 5.75 Å². The van der Waals surface area contributed by atoms with Crippen molar-refractivity contribution in [2.24, 2.45) is 5.16 Å². The second kappa shape index (κ2) is 8.72. The molecule has 0 aliphatic heterocycles. The fourth-order valence-corrected chi connectivity index (χ4v) is 2.27. The minimum absolute atomic E-state index is 0.0253. The number of para-hydroxylation sites is 1. The number of ether oxygens (including phenoxy) is 2. The molecule has 1 N–H and O–H groups in total. The van der Waals surface area contributed by atoms with E-state index in [9.17, 15) is 0 Å². The van der Waals surface area contributed by atoms with Crippen molar-refractivity contribution >= 4 is 11.6 Å². The molecule has 0 heterocycles. The molecule has 0 aliphatic rings. The molecule has 2 aromatic carbocycles. The molecular weight excluding hydrogens is 304 g/mol. The van der Waals surface area contributed by atoms with Gasteiger partial charge in [-0.1, -0.05) is 47.6 Å². The van der Waals surface area contributed by atoms with Gasteiger partial charge in [0.15, 0.2) is 5.71 Å². The van der Waals surface area contributed by atoms with Gasteiger partial charge < -0.3 is 14.3 Å². The first-order valence-electron chi connectivity index (χ1n) is 7.77. The van der Waals surface area contributed by atoms with Gasteiger partial charge in [-0.05, 0) is 31.0 Å². The second-order valence-electron chi connectivity index (χ2n) is 5.10. The molecule has 0 unspecified atom stereocenters. The van der Waals surface area contributed by atoms with Crippen LogP contribution in [0, 0.1) is 12.3 Å². The number of nitrogens with one attached hydrogen (secondary N) is 1. The van der Waals surface area contributed by atoms with Crippen LogP contribution in [-0.4, -0.2) is 25.3 Å². The highest BCUT2D eigenvalue weighted by Crippen LogP contribution is 2.20. The molecule has 0 radical (unpaired) electrons. The summed E-state index contributed by atoms with van der Waals surface area (Å²) in [6.07, 6.45) is 0. The summed E-state index contributed by atoms with van der Waals surface area (Å²) in [7, 11) is 1.45. The molecule has 2 rings (SSSR count). The summed E-state index contributed by atoms with van der Waals surface area (Å²) in [4.78, 5) is 4.89. The van der Waals surface area contributed by atoms with E-state index in [-0.39, 0.29) is 5.90 Å². The van der Waals surface area contributed by atoms with Crippen LogP contribution < -0.4 is 4.74 Å². The summed E-state index contributed by atoms with van der Waals surface area (Å²) in [6.45, 7) is 4.59. The lowest BCUT2D eigenvalue weighted by molar-refractivity contribution is 0.213. The van der Waals surface area contributed by atoms with Crippen LogP contribution in [0.3, 0.4) is 0 Å². The van der Waals surface area contributed by atoms with Crippen molar-refractivity contribution in [3.63, 3.8) is 0 Å². The van der Waals surface area contributed by atoms with E-state index in [1.54, 1.807) is 0 Å². The number of rotatable bonds is 7. The lowest BCUT2D eigenvalue weighted by Crippen LogP contribution is -2.20. The molecule has 0 fully saturated rings. The first kappa shape index (κ1) is 17.5. The maximum atomic E-state index is 8.04. The molecular formula is C19H22N2O3. The summed E-state index contributed by atoms with van der Waals surface area (Å²) >= 11 is 0. The van der Waals surface area contributed by atoms with Gasteiger partial charge in [0.2, 0.25) is 5.90 Å². The van der Waals surface area contributed by atoms with E-state index in [0.29, 0.717) is 18.9 Å². The number of oxime groups is 1. The molecule has 0 bridgehead atoms. The molecule has 2 aromatic rings. The van der Waals surface area contributed by atoms with Gasteiger partial charge in [-0.3, -0.25) is 5.41 Å². The average Bonchev–Trinajstić information content (AvgIpc) is 2.59. The van der Waals surface area contributed by atoms with E-state index in [4.69, 9.17) is 19.7 Å². The minimum atomic E-state index is -0.0253. The number of benzene rings is 2. The Bertz CT molecular complexity index is 726. The van der Waals surface area contributed by atoms with Crippen molar-refractivity contribution in [1.29, 1.82) is 5.41 Å². The molecule has 126 valence electrons. The Morgan fingerprint density at radius 2 is 1.79 bits per heavy atom. The number of nitrogens with zero attached hydrogens (tertiary/aromatic N) is 1. The quantitative estimate of drug-likeness (QED) is 0.476. The molecule has 0 atom stereocenters. The molecule has 5 nitrogen and oxygen atoms in total. The van der Waals surface area contributed by atoms with Crippen LogP contribution in [0.2, 0.25) is 0 Å². The molecule has 5 heteroatoms. The topological polar surface area (TPSA) is 63.9 Å². The third-order valence-corrected chi connectivity index (χ3v) is 3.44. The summed E-state index contributed by atoms with van der Waals surface area (Å²) < 4.78 is 11.2. The third kappa shape index (κ3) is 4.35. The Morgan fingerprint density at radius 3 is 2.50 bits per heavy atom. The van der Waals surface area contributed by atoms with Crippen LogP contribution in [0.1, 0.15) is 23.6 Å². The summed E-state index contributed by atoms with van der Waals surface area (Å²) in [5.74, 6) is 0.806. The van der Waals surface area contributed by atoms with Gasteiger partial charge in [0.25, 0.3) is 0 Å². The van der Waals surface area contributed by atoms with E-state index in [0.717, 1.165) is 22.4 Å². The van der Waals surface area contributed by atoms with Crippen molar-refractivity contribution in [3.05, 3.63) is 65.2 Å². The highest BCUT2D eigenvalue weighted by atomic mass is 16.6. The van der Waals surface area contributed by atoms with E-state index in [2.05, 4.69) is 5.16 Å². The molecule has 0 aromatic heterocycles. The van der Waals surface area contributed by atoms with Crippen molar-refractivity contribution < 1.29 is 14.3 Å². The zero-order chi connectivity index (χ0) is 17.4. The first-order chi connectivity index (χ1) is 11.7. The Kier molecular flexibility index (Phi) is 6.37. The van der Waals surface area contributed by atoms with Crippen LogP contribution in [0.25, 0.3) is 0 Å². The van der Waals surface area contributed by atoms with Gasteiger partial charge in [-0.2, -0.15) is 0 Å². The molecule has 0 aliphatic carbocycles. The van der Waals surface area contributed by atoms with Gasteiger partial charge >= 0.3 is 0 Å². The minimum Gasteiger partial charge on any atom is -0.489 e. The predicted molar refractivity (Wildman–Crippen MR) is 94.9 cm³/mol. The van der Waals surface area contributed by atoms with E-state index in [1.807, 2.05) is 62.4 Å². The molecule has 0 amide bonds. The Balaban J connectivity index is 2.27. The zero-order valence-corrected chi connectivity index (χ0v) is 14.2. The summed E-state index contributed by atoms with van der Waals surface area (Å²) in [5.41, 5.74) is 3.08. The lowest BCUT2D eigenvalue weighted by atomic mass is 10.0. The van der Waals surface area contributed by atoms with E-state index < -0.39 is 0 Å². The van der Waals surface area contributed by atoms with Crippen LogP contribution in [-0.2, 0) is 16.2 Å². The summed E-state index contributed by atoms with van der Waals surface area (Å²) in [6, 6.07) is 15.5. The molecule has 0 spiro atoms. The third-order valence-electron chi connectivity index (χ3n) is 3.44. The monoisotopic (exact) mass is 326 g/mol. The highest BCUT2D eigenvalue weighted by molar-refractivity contribution is 6.44. The Morgan fingerprint density at radius 1 is 1.08 bits per heavy atom. The van der Waals surface area contributed by atoms with Gasteiger partial charge in [-0.25, -0.2) is 0 Å². The van der Waals surface area contributed by atoms with Crippen molar-refractivity contribution in [2.45, 2.75) is 20.5 Å². The van der Waals surface area contributed by atoms with Gasteiger partial charge in [0.1, 0.15) is 19.5 Å². The Labute approximate surface area is 142 Å². The van der Waals surface area contributed by atoms with Crippen LogP contribution in [0.4, 0.5) is 0 Å². The van der Waals surface area contributed by atoms with Gasteiger partial charge in [0.05, 0.1) is 6.61 Å². The second-order valence-corrected chi connectivity index (χ2v) is 5.10. The smallest absolute Gasteiger partial charge is 0.236 e. The fourth-order valence-electron chi connectivity index (χ4n) is 2.27. The zero-order valence-electron chi connectivity index (χ0n) is 14.2. The highest BCUT2D eigenvalue weighted by Gasteiger charge is 2.17. The lowest BCUT2D eigenvalue weighted by Gasteiger charge is -2.14. The van der Waals surface area contributed by atoms with Crippen molar-refractivity contribution in [2.75, 3.05) is 13.7 Å². The Hall–Kier alpha value is -2.82. The fraction of sp³-hybridized carbons (Fsp3) is 0.263. The summed E-state index contributed by atoms with van der Waals surface area (Å²) in [5, 5.41) is 12.0. The maximum absolute atomic E-state index is 8.04. The first-order valence-corrected chi connectivity index (χ1v) is 7.77. The standard InChI is InChI=1S/C19H22N2O3/c1-4-23-19(20)18(21-22-3)16-11-7-6-10-15(16)13-24-17-12-8-5-9-14(17)2/h5-12,20H,4,13H2,1-3H3. The van der Waals surface area contributed by atoms with Crippen LogP contribution in [0.15, 0.2) is 53.7 Å². The van der Waals surface area contributed by atoms with Gasteiger partial charge in [-0.15, -0.1) is 0 Å². The van der Waals surface area contributed by atoms with Crippen molar-refractivity contribution in [3.8, 4) is 5.75 Å². The molecule has 0 saturated carbocycles. The normalized spacial score (nSPS) is 11.0. The van der Waals surface area contributed by atoms with E-state index >= 15 is 0 Å². The maximum Gasteiger partial charge on any atom is 0.236 e. The van der Waals surface area contributed by atoms with E-state index in [1.165, 1.54) is 7.11 Å². The molecule has 0 saturated heterocycles. The average molecular weight is 326 g/mol.